The first-order chi connectivity index (χ1) is 11.2. The Kier molecular flexibility index (Phi) is 5.25. The standard InChI is InChI=1S/C17H19NO3S2/c1-20-15(19)9-11-2-3-14-13(8-11)17(23-7-5-18)16-12(10-21-14)4-6-22-16/h2-4,6,8,17H,5,7,9-10,18H2,1H3. The van der Waals surface area contributed by atoms with Gasteiger partial charge in [-0.05, 0) is 23.1 Å². The molecule has 1 aromatic carbocycles. The zero-order chi connectivity index (χ0) is 16.2. The summed E-state index contributed by atoms with van der Waals surface area (Å²) in [4.78, 5) is 12.9. The van der Waals surface area contributed by atoms with Gasteiger partial charge in [-0.2, -0.15) is 0 Å². The van der Waals surface area contributed by atoms with E-state index in [2.05, 4.69) is 17.5 Å². The summed E-state index contributed by atoms with van der Waals surface area (Å²) in [6.45, 7) is 1.22. The molecule has 1 aliphatic heterocycles. The summed E-state index contributed by atoms with van der Waals surface area (Å²) in [5.74, 6) is 1.53. The Bertz CT molecular complexity index is 699. The highest BCUT2D eigenvalue weighted by molar-refractivity contribution is 7.99. The zero-order valence-corrected chi connectivity index (χ0v) is 14.5. The van der Waals surface area contributed by atoms with Gasteiger partial charge in [-0.25, -0.2) is 0 Å². The first-order valence-electron chi connectivity index (χ1n) is 7.43. The number of carbonyl (C=O) groups is 1. The highest BCUT2D eigenvalue weighted by Gasteiger charge is 2.26. The number of hydrogen-bond acceptors (Lipinski definition) is 6. The predicted octanol–water partition coefficient (Wildman–Crippen LogP) is 3.14. The van der Waals surface area contributed by atoms with E-state index in [0.717, 1.165) is 22.6 Å². The highest BCUT2D eigenvalue weighted by Crippen LogP contribution is 2.46. The van der Waals surface area contributed by atoms with Crippen molar-refractivity contribution in [1.29, 1.82) is 0 Å². The van der Waals surface area contributed by atoms with E-state index in [0.29, 0.717) is 13.2 Å². The minimum Gasteiger partial charge on any atom is -0.489 e. The van der Waals surface area contributed by atoms with Gasteiger partial charge in [0.15, 0.2) is 0 Å². The number of thioether (sulfide) groups is 1. The number of rotatable bonds is 5. The van der Waals surface area contributed by atoms with Crippen molar-refractivity contribution >= 4 is 29.1 Å². The minimum atomic E-state index is -0.234. The maximum absolute atomic E-state index is 11.6. The van der Waals surface area contributed by atoms with E-state index in [4.69, 9.17) is 15.2 Å². The second-order valence-electron chi connectivity index (χ2n) is 5.26. The topological polar surface area (TPSA) is 61.5 Å². The summed E-state index contributed by atoms with van der Waals surface area (Å²) in [6.07, 6.45) is 0.273. The van der Waals surface area contributed by atoms with E-state index in [-0.39, 0.29) is 17.6 Å². The van der Waals surface area contributed by atoms with Gasteiger partial charge < -0.3 is 15.2 Å². The SMILES string of the molecule is COC(=O)Cc1ccc2c(c1)C(SCCN)c1sccc1CO2. The lowest BCUT2D eigenvalue weighted by atomic mass is 10.0. The smallest absolute Gasteiger partial charge is 0.309 e. The molecule has 122 valence electrons. The van der Waals surface area contributed by atoms with E-state index in [1.165, 1.54) is 17.6 Å². The number of benzene rings is 1. The highest BCUT2D eigenvalue weighted by atomic mass is 32.2. The van der Waals surface area contributed by atoms with Crippen molar-refractivity contribution in [3.05, 3.63) is 51.2 Å². The Morgan fingerprint density at radius 1 is 1.48 bits per heavy atom. The van der Waals surface area contributed by atoms with Gasteiger partial charge in [0.1, 0.15) is 12.4 Å². The van der Waals surface area contributed by atoms with Crippen LogP contribution in [0.15, 0.2) is 29.6 Å². The maximum Gasteiger partial charge on any atom is 0.309 e. The molecule has 0 saturated carbocycles. The fraction of sp³-hybridized carbons (Fsp3) is 0.353. The van der Waals surface area contributed by atoms with Crippen LogP contribution in [-0.4, -0.2) is 25.4 Å². The molecular weight excluding hydrogens is 330 g/mol. The molecule has 2 heterocycles. The minimum absolute atomic E-state index is 0.198. The third kappa shape index (κ3) is 3.54. The van der Waals surface area contributed by atoms with Gasteiger partial charge in [0, 0.05) is 28.3 Å². The Morgan fingerprint density at radius 2 is 2.35 bits per heavy atom. The van der Waals surface area contributed by atoms with Gasteiger partial charge in [-0.15, -0.1) is 23.1 Å². The summed E-state index contributed by atoms with van der Waals surface area (Å²) in [5.41, 5.74) is 8.99. The van der Waals surface area contributed by atoms with Crippen molar-refractivity contribution in [2.45, 2.75) is 18.3 Å². The van der Waals surface area contributed by atoms with Crippen molar-refractivity contribution in [1.82, 2.24) is 0 Å². The molecule has 0 fully saturated rings. The van der Waals surface area contributed by atoms with E-state index < -0.39 is 0 Å². The van der Waals surface area contributed by atoms with Crippen molar-refractivity contribution < 1.29 is 14.3 Å². The normalized spacial score (nSPS) is 16.0. The Labute approximate surface area is 144 Å². The van der Waals surface area contributed by atoms with Crippen LogP contribution in [0, 0.1) is 0 Å². The Morgan fingerprint density at radius 3 is 3.13 bits per heavy atom. The largest absolute Gasteiger partial charge is 0.489 e. The second kappa shape index (κ2) is 7.38. The fourth-order valence-corrected chi connectivity index (χ4v) is 4.94. The van der Waals surface area contributed by atoms with Crippen LogP contribution < -0.4 is 10.5 Å². The van der Waals surface area contributed by atoms with Gasteiger partial charge >= 0.3 is 5.97 Å². The summed E-state index contributed by atoms with van der Waals surface area (Å²) in [7, 11) is 1.41. The number of nitrogens with two attached hydrogens (primary N) is 1. The molecule has 1 aromatic heterocycles. The molecule has 0 radical (unpaired) electrons. The molecule has 23 heavy (non-hydrogen) atoms. The lowest BCUT2D eigenvalue weighted by molar-refractivity contribution is -0.139. The molecule has 4 nitrogen and oxygen atoms in total. The third-order valence-corrected chi connectivity index (χ3v) is 6.20. The number of hydrogen-bond donors (Lipinski definition) is 1. The summed E-state index contributed by atoms with van der Waals surface area (Å²) in [5, 5.41) is 2.30. The molecule has 3 rings (SSSR count). The molecule has 0 aliphatic carbocycles. The average molecular weight is 349 g/mol. The molecule has 2 N–H and O–H groups in total. The van der Waals surface area contributed by atoms with Gasteiger partial charge in [0.25, 0.3) is 0 Å². The predicted molar refractivity (Wildman–Crippen MR) is 94.2 cm³/mol. The summed E-state index contributed by atoms with van der Waals surface area (Å²) < 4.78 is 10.7. The zero-order valence-electron chi connectivity index (χ0n) is 12.9. The van der Waals surface area contributed by atoms with Gasteiger partial charge in [-0.1, -0.05) is 12.1 Å². The van der Waals surface area contributed by atoms with Gasteiger partial charge in [-0.3, -0.25) is 4.79 Å². The van der Waals surface area contributed by atoms with Crippen molar-refractivity contribution in [2.24, 2.45) is 5.73 Å². The first kappa shape index (κ1) is 16.4. The summed E-state index contributed by atoms with van der Waals surface area (Å²) >= 11 is 3.58. The van der Waals surface area contributed by atoms with Crippen LogP contribution in [0.2, 0.25) is 0 Å². The maximum atomic E-state index is 11.6. The average Bonchev–Trinajstić information content (AvgIpc) is 2.97. The monoisotopic (exact) mass is 349 g/mol. The molecule has 0 bridgehead atoms. The number of esters is 1. The van der Waals surface area contributed by atoms with Crippen LogP contribution in [0.5, 0.6) is 5.75 Å². The van der Waals surface area contributed by atoms with Crippen LogP contribution in [0.1, 0.15) is 26.8 Å². The second-order valence-corrected chi connectivity index (χ2v) is 7.42. The van der Waals surface area contributed by atoms with Gasteiger partial charge in [0.05, 0.1) is 18.8 Å². The van der Waals surface area contributed by atoms with Crippen LogP contribution >= 0.6 is 23.1 Å². The summed E-state index contributed by atoms with van der Waals surface area (Å²) in [6, 6.07) is 8.08. The molecule has 0 spiro atoms. The van der Waals surface area contributed by atoms with Crippen LogP contribution in [0.4, 0.5) is 0 Å². The van der Waals surface area contributed by atoms with Gasteiger partial charge in [0.2, 0.25) is 0 Å². The van der Waals surface area contributed by atoms with Crippen LogP contribution in [0.25, 0.3) is 0 Å². The molecule has 0 saturated heterocycles. The van der Waals surface area contributed by atoms with E-state index in [1.807, 2.05) is 23.9 Å². The van der Waals surface area contributed by atoms with E-state index >= 15 is 0 Å². The number of ether oxygens (including phenoxy) is 2. The fourth-order valence-electron chi connectivity index (χ4n) is 2.63. The molecule has 6 heteroatoms. The quantitative estimate of drug-likeness (QED) is 0.840. The molecular formula is C17H19NO3S2. The lowest BCUT2D eigenvalue weighted by Gasteiger charge is -2.17. The molecule has 1 atom stereocenters. The molecule has 1 aliphatic rings. The van der Waals surface area contributed by atoms with E-state index in [9.17, 15) is 4.79 Å². The van der Waals surface area contributed by atoms with Crippen LogP contribution in [-0.2, 0) is 22.6 Å². The van der Waals surface area contributed by atoms with Crippen molar-refractivity contribution in [3.63, 3.8) is 0 Å². The molecule has 2 aromatic rings. The Hall–Kier alpha value is -1.50. The van der Waals surface area contributed by atoms with Crippen molar-refractivity contribution in [2.75, 3.05) is 19.4 Å². The number of methoxy groups -OCH3 is 1. The van der Waals surface area contributed by atoms with Crippen molar-refractivity contribution in [3.8, 4) is 5.75 Å². The number of thiophene rings is 1. The number of fused-ring (bicyclic) bond motifs is 2. The van der Waals surface area contributed by atoms with Crippen LogP contribution in [0.3, 0.4) is 0 Å². The first-order valence-corrected chi connectivity index (χ1v) is 9.36. The number of carbonyl (C=O) groups excluding carboxylic acids is 1. The lowest BCUT2D eigenvalue weighted by Crippen LogP contribution is -2.07. The van der Waals surface area contributed by atoms with E-state index in [1.54, 1.807) is 11.3 Å². The Balaban J connectivity index is 1.99. The third-order valence-electron chi connectivity index (χ3n) is 3.74. The molecule has 1 unspecified atom stereocenters. The molecule has 0 amide bonds.